The van der Waals surface area contributed by atoms with Gasteiger partial charge >= 0.3 is 6.18 Å². The minimum atomic E-state index is -4.48. The largest absolute Gasteiger partial charge is 0.418 e. The van der Waals surface area contributed by atoms with Crippen LogP contribution in [0.1, 0.15) is 42.1 Å². The first-order valence-electron chi connectivity index (χ1n) is 6.68. The molecule has 1 aliphatic carbocycles. The molecule has 2 rings (SSSR count). The van der Waals surface area contributed by atoms with E-state index in [0.717, 1.165) is 25.3 Å². The lowest BCUT2D eigenvalue weighted by molar-refractivity contribution is -0.137. The molecule has 1 saturated carbocycles. The van der Waals surface area contributed by atoms with Crippen LogP contribution in [0.3, 0.4) is 0 Å². The van der Waals surface area contributed by atoms with Crippen LogP contribution < -0.4 is 10.6 Å². The lowest BCUT2D eigenvalue weighted by Crippen LogP contribution is -2.39. The van der Waals surface area contributed by atoms with E-state index in [1.54, 1.807) is 6.92 Å². The third kappa shape index (κ3) is 3.05. The number of alkyl halides is 3. The third-order valence-corrected chi connectivity index (χ3v) is 3.41. The molecule has 1 amide bonds. The Kier molecular flexibility index (Phi) is 4.20. The Morgan fingerprint density at radius 1 is 1.35 bits per heavy atom. The first kappa shape index (κ1) is 14.7. The van der Waals surface area contributed by atoms with Gasteiger partial charge < -0.3 is 10.6 Å². The Labute approximate surface area is 115 Å². The number of hydrogen-bond acceptors (Lipinski definition) is 2. The van der Waals surface area contributed by atoms with Gasteiger partial charge in [0.1, 0.15) is 0 Å². The number of rotatable bonds is 4. The predicted molar refractivity (Wildman–Crippen MR) is 70.7 cm³/mol. The summed E-state index contributed by atoms with van der Waals surface area (Å²) in [4.78, 5) is 12.1. The maximum Gasteiger partial charge on any atom is 0.418 e. The van der Waals surface area contributed by atoms with Crippen molar-refractivity contribution in [3.63, 3.8) is 0 Å². The first-order valence-corrected chi connectivity index (χ1v) is 6.68. The number of nitrogens with one attached hydrogen (secondary N) is 2. The fourth-order valence-corrected chi connectivity index (χ4v) is 2.16. The molecular weight excluding hydrogens is 269 g/mol. The minimum Gasteiger partial charge on any atom is -0.384 e. The van der Waals surface area contributed by atoms with Gasteiger partial charge in [0.05, 0.1) is 16.8 Å². The fraction of sp³-hybridized carbons (Fsp3) is 0.500. The van der Waals surface area contributed by atoms with Gasteiger partial charge in [-0.1, -0.05) is 6.07 Å². The van der Waals surface area contributed by atoms with Gasteiger partial charge in [-0.3, -0.25) is 4.79 Å². The maximum atomic E-state index is 13.0. The second-order valence-corrected chi connectivity index (χ2v) is 4.86. The summed E-state index contributed by atoms with van der Waals surface area (Å²) in [7, 11) is 0. The molecule has 0 saturated heterocycles. The van der Waals surface area contributed by atoms with E-state index >= 15 is 0 Å². The van der Waals surface area contributed by atoms with E-state index < -0.39 is 17.6 Å². The third-order valence-electron chi connectivity index (χ3n) is 3.41. The van der Waals surface area contributed by atoms with Gasteiger partial charge in [0.25, 0.3) is 5.91 Å². The summed E-state index contributed by atoms with van der Waals surface area (Å²) in [6.07, 6.45) is -1.65. The zero-order chi connectivity index (χ0) is 14.8. The number of anilines is 1. The van der Waals surface area contributed by atoms with Crippen molar-refractivity contribution in [2.24, 2.45) is 0 Å². The van der Waals surface area contributed by atoms with Crippen LogP contribution in [-0.2, 0) is 6.18 Å². The first-order chi connectivity index (χ1) is 9.43. The molecule has 110 valence electrons. The van der Waals surface area contributed by atoms with Crippen LogP contribution in [0.4, 0.5) is 18.9 Å². The topological polar surface area (TPSA) is 41.1 Å². The smallest absolute Gasteiger partial charge is 0.384 e. The monoisotopic (exact) mass is 286 g/mol. The van der Waals surface area contributed by atoms with Crippen molar-refractivity contribution in [3.8, 4) is 0 Å². The van der Waals surface area contributed by atoms with Crippen molar-refractivity contribution >= 4 is 11.6 Å². The Hall–Kier alpha value is -1.72. The molecule has 1 fully saturated rings. The van der Waals surface area contributed by atoms with Crippen molar-refractivity contribution in [2.45, 2.75) is 38.4 Å². The van der Waals surface area contributed by atoms with Gasteiger partial charge in [0.2, 0.25) is 0 Å². The lowest BCUT2D eigenvalue weighted by atomic mass is 9.92. The van der Waals surface area contributed by atoms with Gasteiger partial charge in [-0.15, -0.1) is 0 Å². The van der Waals surface area contributed by atoms with Crippen molar-refractivity contribution in [2.75, 3.05) is 11.9 Å². The highest BCUT2D eigenvalue weighted by atomic mass is 19.4. The highest BCUT2D eigenvalue weighted by molar-refractivity contribution is 6.00. The average molecular weight is 286 g/mol. The van der Waals surface area contributed by atoms with E-state index in [9.17, 15) is 18.0 Å². The van der Waals surface area contributed by atoms with Crippen molar-refractivity contribution in [3.05, 3.63) is 29.3 Å². The molecule has 0 aromatic heterocycles. The molecule has 0 bridgehead atoms. The number of benzene rings is 1. The van der Waals surface area contributed by atoms with E-state index in [1.165, 1.54) is 12.1 Å². The number of carbonyl (C=O) groups is 1. The lowest BCUT2D eigenvalue weighted by Gasteiger charge is -2.27. The van der Waals surface area contributed by atoms with Crippen LogP contribution in [0, 0.1) is 0 Å². The summed E-state index contributed by atoms with van der Waals surface area (Å²) in [5, 5.41) is 5.42. The number of carbonyl (C=O) groups excluding carboxylic acids is 1. The SMILES string of the molecule is CCNc1c(C(=O)NC2CCC2)cccc1C(F)(F)F. The normalized spacial score (nSPS) is 15.6. The van der Waals surface area contributed by atoms with E-state index in [4.69, 9.17) is 0 Å². The van der Waals surface area contributed by atoms with E-state index in [-0.39, 0.29) is 17.3 Å². The summed E-state index contributed by atoms with van der Waals surface area (Å²) < 4.78 is 38.9. The summed E-state index contributed by atoms with van der Waals surface area (Å²) in [5.41, 5.74) is -0.895. The molecule has 0 radical (unpaired) electrons. The maximum absolute atomic E-state index is 13.0. The molecule has 3 nitrogen and oxygen atoms in total. The number of halogens is 3. The van der Waals surface area contributed by atoms with Gasteiger partial charge in [-0.05, 0) is 38.3 Å². The van der Waals surface area contributed by atoms with Crippen LogP contribution >= 0.6 is 0 Å². The van der Waals surface area contributed by atoms with E-state index in [1.807, 2.05) is 0 Å². The Bertz CT molecular complexity index is 496. The van der Waals surface area contributed by atoms with Crippen LogP contribution in [0.15, 0.2) is 18.2 Å². The molecule has 1 aromatic carbocycles. The highest BCUT2D eigenvalue weighted by Crippen LogP contribution is 2.36. The van der Waals surface area contributed by atoms with Crippen molar-refractivity contribution in [1.82, 2.24) is 5.32 Å². The Balaban J connectivity index is 2.33. The summed E-state index contributed by atoms with van der Waals surface area (Å²) in [6, 6.07) is 3.75. The molecule has 0 spiro atoms. The number of hydrogen-bond donors (Lipinski definition) is 2. The predicted octanol–water partition coefficient (Wildman–Crippen LogP) is 3.42. The van der Waals surface area contributed by atoms with Crippen LogP contribution in [0.25, 0.3) is 0 Å². The van der Waals surface area contributed by atoms with Crippen LogP contribution in [-0.4, -0.2) is 18.5 Å². The molecule has 6 heteroatoms. The second-order valence-electron chi connectivity index (χ2n) is 4.86. The Morgan fingerprint density at radius 3 is 2.55 bits per heavy atom. The van der Waals surface area contributed by atoms with Crippen LogP contribution in [0.5, 0.6) is 0 Å². The summed E-state index contributed by atoms with van der Waals surface area (Å²) in [5.74, 6) is -0.447. The molecule has 0 atom stereocenters. The Morgan fingerprint density at radius 2 is 2.05 bits per heavy atom. The zero-order valence-electron chi connectivity index (χ0n) is 11.2. The summed E-state index contributed by atoms with van der Waals surface area (Å²) in [6.45, 7) is 2.01. The molecular formula is C14H17F3N2O. The zero-order valence-corrected chi connectivity index (χ0v) is 11.2. The van der Waals surface area contributed by atoms with E-state index in [2.05, 4.69) is 10.6 Å². The standard InChI is InChI=1S/C14H17F3N2O/c1-2-18-12-10(13(20)19-9-5-3-6-9)7-4-8-11(12)14(15,16)17/h4,7-9,18H,2-3,5-6H2,1H3,(H,19,20). The van der Waals surface area contributed by atoms with Gasteiger partial charge in [-0.2, -0.15) is 13.2 Å². The molecule has 2 N–H and O–H groups in total. The molecule has 0 heterocycles. The molecule has 0 aliphatic heterocycles. The quantitative estimate of drug-likeness (QED) is 0.890. The van der Waals surface area contributed by atoms with E-state index in [0.29, 0.717) is 6.54 Å². The van der Waals surface area contributed by atoms with Gasteiger partial charge in [0.15, 0.2) is 0 Å². The van der Waals surface area contributed by atoms with Crippen LogP contribution in [0.2, 0.25) is 0 Å². The van der Waals surface area contributed by atoms with Crippen molar-refractivity contribution < 1.29 is 18.0 Å². The molecule has 1 aliphatic rings. The number of amides is 1. The highest BCUT2D eigenvalue weighted by Gasteiger charge is 2.35. The minimum absolute atomic E-state index is 0.0496. The molecule has 20 heavy (non-hydrogen) atoms. The van der Waals surface area contributed by atoms with Crippen molar-refractivity contribution in [1.29, 1.82) is 0 Å². The second kappa shape index (κ2) is 5.73. The average Bonchev–Trinajstić information content (AvgIpc) is 2.33. The van der Waals surface area contributed by atoms with Gasteiger partial charge in [0, 0.05) is 12.6 Å². The summed E-state index contributed by atoms with van der Waals surface area (Å²) >= 11 is 0. The number of para-hydroxylation sites is 1. The molecule has 0 unspecified atom stereocenters. The fourth-order valence-electron chi connectivity index (χ4n) is 2.16. The molecule has 1 aromatic rings. The van der Waals surface area contributed by atoms with Gasteiger partial charge in [-0.25, -0.2) is 0 Å².